The Morgan fingerprint density at radius 2 is 1.83 bits per heavy atom. The van der Waals surface area contributed by atoms with Crippen molar-refractivity contribution in [2.24, 2.45) is 0 Å². The summed E-state index contributed by atoms with van der Waals surface area (Å²) in [7, 11) is -1.21. The molecular formula is C13H21NO3S. The molecule has 1 aromatic carbocycles. The third-order valence-corrected chi connectivity index (χ3v) is 4.48. The van der Waals surface area contributed by atoms with E-state index in [1.807, 2.05) is 24.3 Å². The minimum absolute atomic E-state index is 0.214. The minimum Gasteiger partial charge on any atom is -0.497 e. The zero-order chi connectivity index (χ0) is 13.4. The normalized spacial score (nSPS) is 11.4. The van der Waals surface area contributed by atoms with Crippen LogP contribution in [0.5, 0.6) is 5.75 Å². The topological polar surface area (TPSA) is 55.4 Å². The number of rotatable bonds is 8. The Balaban J connectivity index is 2.21. The first kappa shape index (κ1) is 15.0. The van der Waals surface area contributed by atoms with Gasteiger partial charge in [0.1, 0.15) is 5.75 Å². The predicted octanol–water partition coefficient (Wildman–Crippen LogP) is 1.26. The Morgan fingerprint density at radius 1 is 1.17 bits per heavy atom. The maximum Gasteiger partial charge on any atom is 0.151 e. The lowest BCUT2D eigenvalue weighted by Crippen LogP contribution is -2.25. The van der Waals surface area contributed by atoms with E-state index in [1.165, 1.54) is 5.56 Å². The summed E-state index contributed by atoms with van der Waals surface area (Å²) in [5.41, 5.74) is 1.21. The van der Waals surface area contributed by atoms with E-state index in [-0.39, 0.29) is 11.5 Å². The lowest BCUT2D eigenvalue weighted by Gasteiger charge is -2.06. The molecule has 1 N–H and O–H groups in total. The van der Waals surface area contributed by atoms with Crippen molar-refractivity contribution < 1.29 is 13.2 Å². The predicted molar refractivity (Wildman–Crippen MR) is 73.9 cm³/mol. The van der Waals surface area contributed by atoms with Gasteiger partial charge in [-0.15, -0.1) is 0 Å². The summed E-state index contributed by atoms with van der Waals surface area (Å²) in [5.74, 6) is 1.28. The fourth-order valence-corrected chi connectivity index (χ4v) is 2.27. The molecule has 0 saturated carbocycles. The van der Waals surface area contributed by atoms with Crippen LogP contribution in [-0.4, -0.2) is 40.1 Å². The lowest BCUT2D eigenvalue weighted by atomic mass is 10.1. The number of hydrogen-bond donors (Lipinski definition) is 1. The second kappa shape index (κ2) is 7.38. The van der Waals surface area contributed by atoms with Crippen molar-refractivity contribution in [2.75, 3.05) is 31.7 Å². The molecule has 0 aliphatic rings. The first-order valence-electron chi connectivity index (χ1n) is 6.11. The van der Waals surface area contributed by atoms with Gasteiger partial charge in [-0.05, 0) is 30.7 Å². The van der Waals surface area contributed by atoms with E-state index in [2.05, 4.69) is 5.32 Å². The van der Waals surface area contributed by atoms with Crippen molar-refractivity contribution in [3.05, 3.63) is 29.8 Å². The summed E-state index contributed by atoms with van der Waals surface area (Å²) in [4.78, 5) is 0. The highest BCUT2D eigenvalue weighted by atomic mass is 32.2. The van der Waals surface area contributed by atoms with E-state index >= 15 is 0 Å². The minimum atomic E-state index is -2.85. The summed E-state index contributed by atoms with van der Waals surface area (Å²) in [6, 6.07) is 7.89. The Morgan fingerprint density at radius 3 is 2.39 bits per heavy atom. The van der Waals surface area contributed by atoms with Crippen LogP contribution in [0.4, 0.5) is 0 Å². The summed E-state index contributed by atoms with van der Waals surface area (Å²) in [6.45, 7) is 2.98. The van der Waals surface area contributed by atoms with Gasteiger partial charge in [0.25, 0.3) is 0 Å². The molecule has 0 saturated heterocycles. The van der Waals surface area contributed by atoms with Crippen molar-refractivity contribution in [2.45, 2.75) is 13.3 Å². The molecule has 1 rings (SSSR count). The van der Waals surface area contributed by atoms with Crippen LogP contribution in [0, 0.1) is 0 Å². The van der Waals surface area contributed by atoms with E-state index in [0.29, 0.717) is 6.54 Å². The fourth-order valence-electron chi connectivity index (χ4n) is 1.52. The van der Waals surface area contributed by atoms with Gasteiger partial charge in [0.15, 0.2) is 9.84 Å². The number of nitrogens with one attached hydrogen (secondary N) is 1. The van der Waals surface area contributed by atoms with Gasteiger partial charge in [-0.2, -0.15) is 0 Å². The second-order valence-corrected chi connectivity index (χ2v) is 6.56. The van der Waals surface area contributed by atoms with Crippen LogP contribution in [0.2, 0.25) is 0 Å². The number of hydrogen-bond acceptors (Lipinski definition) is 4. The molecule has 0 aliphatic heterocycles. The molecule has 1 aromatic rings. The lowest BCUT2D eigenvalue weighted by molar-refractivity contribution is 0.414. The first-order chi connectivity index (χ1) is 8.57. The summed E-state index contributed by atoms with van der Waals surface area (Å²) in [6.07, 6.45) is 0.885. The van der Waals surface area contributed by atoms with Crippen molar-refractivity contribution in [3.63, 3.8) is 0 Å². The number of ether oxygens (including phenoxy) is 1. The van der Waals surface area contributed by atoms with Crippen LogP contribution in [0.25, 0.3) is 0 Å². The Hall–Kier alpha value is -1.07. The van der Waals surface area contributed by atoms with Crippen molar-refractivity contribution in [1.82, 2.24) is 5.32 Å². The third kappa shape index (κ3) is 5.51. The number of sulfone groups is 1. The number of methoxy groups -OCH3 is 1. The molecule has 0 atom stereocenters. The van der Waals surface area contributed by atoms with Crippen molar-refractivity contribution in [1.29, 1.82) is 0 Å². The van der Waals surface area contributed by atoms with Gasteiger partial charge in [0, 0.05) is 12.3 Å². The van der Waals surface area contributed by atoms with Gasteiger partial charge >= 0.3 is 0 Å². The molecule has 0 unspecified atom stereocenters. The summed E-state index contributed by atoms with van der Waals surface area (Å²) >= 11 is 0. The molecule has 0 heterocycles. The van der Waals surface area contributed by atoms with Crippen LogP contribution >= 0.6 is 0 Å². The third-order valence-electron chi connectivity index (χ3n) is 2.78. The van der Waals surface area contributed by atoms with Gasteiger partial charge < -0.3 is 10.1 Å². The van der Waals surface area contributed by atoms with Crippen LogP contribution < -0.4 is 10.1 Å². The van der Waals surface area contributed by atoms with Crippen LogP contribution in [0.1, 0.15) is 12.5 Å². The standard InChI is InChI=1S/C13H21NO3S/c1-3-18(15,16)11-10-14-9-8-12-4-6-13(17-2)7-5-12/h4-7,14H,3,8-11H2,1-2H3. The maximum atomic E-state index is 11.2. The van der Waals surface area contributed by atoms with Gasteiger partial charge in [-0.3, -0.25) is 0 Å². The largest absolute Gasteiger partial charge is 0.497 e. The van der Waals surface area contributed by atoms with E-state index < -0.39 is 9.84 Å². The molecule has 0 radical (unpaired) electrons. The zero-order valence-electron chi connectivity index (χ0n) is 11.0. The fraction of sp³-hybridized carbons (Fsp3) is 0.538. The molecule has 5 heteroatoms. The molecule has 18 heavy (non-hydrogen) atoms. The van der Waals surface area contributed by atoms with Crippen LogP contribution in [-0.2, 0) is 16.3 Å². The molecule has 102 valence electrons. The van der Waals surface area contributed by atoms with Crippen molar-refractivity contribution >= 4 is 9.84 Å². The first-order valence-corrected chi connectivity index (χ1v) is 7.93. The van der Waals surface area contributed by atoms with Gasteiger partial charge in [-0.25, -0.2) is 8.42 Å². The monoisotopic (exact) mass is 271 g/mol. The van der Waals surface area contributed by atoms with E-state index in [0.717, 1.165) is 18.7 Å². The Kier molecular flexibility index (Phi) is 6.15. The molecule has 0 aliphatic carbocycles. The Labute approximate surface area is 109 Å². The maximum absolute atomic E-state index is 11.2. The molecule has 4 nitrogen and oxygen atoms in total. The Bertz CT molecular complexity index is 440. The second-order valence-electron chi connectivity index (χ2n) is 4.08. The summed E-state index contributed by atoms with van der Waals surface area (Å²) in [5, 5.41) is 3.14. The molecule has 0 fully saturated rings. The molecule has 0 aromatic heterocycles. The smallest absolute Gasteiger partial charge is 0.151 e. The van der Waals surface area contributed by atoms with E-state index in [1.54, 1.807) is 14.0 Å². The average Bonchev–Trinajstić information content (AvgIpc) is 2.39. The van der Waals surface area contributed by atoms with Crippen molar-refractivity contribution in [3.8, 4) is 5.75 Å². The highest BCUT2D eigenvalue weighted by molar-refractivity contribution is 7.91. The quantitative estimate of drug-likeness (QED) is 0.723. The average molecular weight is 271 g/mol. The molecule has 0 bridgehead atoms. The summed E-state index contributed by atoms with van der Waals surface area (Å²) < 4.78 is 27.6. The zero-order valence-corrected chi connectivity index (χ0v) is 11.8. The highest BCUT2D eigenvalue weighted by Gasteiger charge is 2.05. The van der Waals surface area contributed by atoms with Gasteiger partial charge in [-0.1, -0.05) is 19.1 Å². The van der Waals surface area contributed by atoms with Crippen LogP contribution in [0.3, 0.4) is 0 Å². The van der Waals surface area contributed by atoms with E-state index in [4.69, 9.17) is 4.74 Å². The van der Waals surface area contributed by atoms with Gasteiger partial charge in [0.05, 0.1) is 12.9 Å². The molecule has 0 amide bonds. The van der Waals surface area contributed by atoms with Crippen LogP contribution in [0.15, 0.2) is 24.3 Å². The van der Waals surface area contributed by atoms with Gasteiger partial charge in [0.2, 0.25) is 0 Å². The highest BCUT2D eigenvalue weighted by Crippen LogP contribution is 2.11. The number of benzene rings is 1. The molecular weight excluding hydrogens is 250 g/mol. The van der Waals surface area contributed by atoms with E-state index in [9.17, 15) is 8.42 Å². The molecule has 0 spiro atoms. The SMILES string of the molecule is CCS(=O)(=O)CCNCCc1ccc(OC)cc1.